The molecule has 2 aromatic heterocycles. The second kappa shape index (κ2) is 5.39. The van der Waals surface area contributed by atoms with Gasteiger partial charge in [-0.05, 0) is 26.7 Å². The molecule has 2 aromatic rings. The van der Waals surface area contributed by atoms with Crippen molar-refractivity contribution < 1.29 is 18.3 Å². The third-order valence-corrected chi connectivity index (χ3v) is 5.26. The number of amides is 1. The zero-order valence-corrected chi connectivity index (χ0v) is 14.6. The van der Waals surface area contributed by atoms with E-state index in [0.29, 0.717) is 28.2 Å². The van der Waals surface area contributed by atoms with E-state index in [2.05, 4.69) is 27.1 Å². The van der Waals surface area contributed by atoms with Crippen LogP contribution in [0.25, 0.3) is 11.1 Å². The number of halogens is 1. The van der Waals surface area contributed by atoms with Gasteiger partial charge in [-0.15, -0.1) is 0 Å². The van der Waals surface area contributed by atoms with Gasteiger partial charge in [-0.2, -0.15) is 0 Å². The molecule has 8 heteroatoms. The second-order valence-electron chi connectivity index (χ2n) is 7.29. The molecule has 3 heterocycles. The number of nitrogens with zero attached hydrogens (tertiary/aromatic N) is 3. The van der Waals surface area contributed by atoms with Crippen LogP contribution in [-0.4, -0.2) is 53.9 Å². The first kappa shape index (κ1) is 16.3. The predicted molar refractivity (Wildman–Crippen MR) is 89.6 cm³/mol. The molecule has 1 amide bonds. The van der Waals surface area contributed by atoms with Crippen molar-refractivity contribution in [3.05, 3.63) is 17.7 Å². The van der Waals surface area contributed by atoms with Crippen LogP contribution < -0.4 is 10.2 Å². The van der Waals surface area contributed by atoms with Crippen LogP contribution in [0.1, 0.15) is 35.9 Å². The van der Waals surface area contributed by atoms with Gasteiger partial charge in [0.15, 0.2) is 5.67 Å². The van der Waals surface area contributed by atoms with E-state index in [1.807, 2.05) is 7.05 Å². The summed E-state index contributed by atoms with van der Waals surface area (Å²) in [6, 6.07) is 0. The summed E-state index contributed by atoms with van der Waals surface area (Å²) in [6.07, 6.45) is 3.57. The van der Waals surface area contributed by atoms with Crippen molar-refractivity contribution in [1.29, 1.82) is 0 Å². The molecule has 1 aliphatic heterocycles. The Hall–Kier alpha value is -2.22. The number of anilines is 1. The third-order valence-electron chi connectivity index (χ3n) is 5.26. The van der Waals surface area contributed by atoms with E-state index >= 15 is 0 Å². The molecule has 0 bridgehead atoms. The lowest BCUT2D eigenvalue weighted by Gasteiger charge is -2.33. The van der Waals surface area contributed by atoms with Crippen LogP contribution in [0, 0.1) is 6.92 Å². The Balaban J connectivity index is 1.70. The Labute approximate surface area is 144 Å². The largest absolute Gasteiger partial charge is 0.442 e. The Morgan fingerprint density at radius 1 is 1.40 bits per heavy atom. The van der Waals surface area contributed by atoms with Gasteiger partial charge in [-0.25, -0.2) is 14.4 Å². The van der Waals surface area contributed by atoms with Crippen molar-refractivity contribution in [2.75, 3.05) is 31.7 Å². The van der Waals surface area contributed by atoms with Gasteiger partial charge in [0.05, 0.1) is 30.7 Å². The normalized spacial score (nSPS) is 20.2. The van der Waals surface area contributed by atoms with Gasteiger partial charge in [-0.1, -0.05) is 0 Å². The van der Waals surface area contributed by atoms with Gasteiger partial charge >= 0.3 is 0 Å². The number of hydrogen-bond donors (Lipinski definition) is 1. The molecule has 7 nitrogen and oxygen atoms in total. The number of fused-ring (bicyclic) bond motifs is 1. The summed E-state index contributed by atoms with van der Waals surface area (Å²) in [7, 11) is 1.96. The summed E-state index contributed by atoms with van der Waals surface area (Å²) in [5, 5.41) is 3.23. The van der Waals surface area contributed by atoms with Gasteiger partial charge in [0.1, 0.15) is 17.9 Å². The summed E-state index contributed by atoms with van der Waals surface area (Å²) in [6.45, 7) is 3.78. The molecule has 1 saturated carbocycles. The van der Waals surface area contributed by atoms with Gasteiger partial charge in [0.25, 0.3) is 5.91 Å². The molecule has 2 aliphatic rings. The maximum atomic E-state index is 14.1. The fourth-order valence-electron chi connectivity index (χ4n) is 3.08. The van der Waals surface area contributed by atoms with Crippen LogP contribution in [0.4, 0.5) is 10.2 Å². The minimum absolute atomic E-state index is 0.00779. The first-order chi connectivity index (χ1) is 11.8. The second-order valence-corrected chi connectivity index (χ2v) is 7.29. The van der Waals surface area contributed by atoms with Crippen molar-refractivity contribution in [3.63, 3.8) is 0 Å². The quantitative estimate of drug-likeness (QED) is 0.890. The number of carbonyl (C=O) groups is 1. The molecule has 1 saturated heterocycles. The summed E-state index contributed by atoms with van der Waals surface area (Å²) in [5.74, 6) is 0.723. The van der Waals surface area contributed by atoms with E-state index in [1.54, 1.807) is 6.92 Å². The fourth-order valence-corrected chi connectivity index (χ4v) is 3.08. The van der Waals surface area contributed by atoms with E-state index in [1.165, 1.54) is 6.33 Å². The monoisotopic (exact) mass is 348 g/mol. The summed E-state index contributed by atoms with van der Waals surface area (Å²) in [4.78, 5) is 23.3. The van der Waals surface area contributed by atoms with Crippen molar-refractivity contribution in [3.8, 4) is 0 Å². The highest BCUT2D eigenvalue weighted by Crippen LogP contribution is 2.44. The Kier molecular flexibility index (Phi) is 3.50. The standard InChI is InChI=1S/C17H21FN4O3/c1-10-11(14(23)19-6-17(18)7-24-8-17)12-13(20-9-21-15(12)25-10)22(3)16(2)4-5-16/h9H,4-8H2,1-3H3,(H,19,23). The van der Waals surface area contributed by atoms with Crippen LogP contribution in [0.3, 0.4) is 0 Å². The fraction of sp³-hybridized carbons (Fsp3) is 0.588. The number of nitrogens with one attached hydrogen (secondary N) is 1. The summed E-state index contributed by atoms with van der Waals surface area (Å²) < 4.78 is 24.6. The lowest BCUT2D eigenvalue weighted by Crippen LogP contribution is -2.53. The number of aromatic nitrogens is 2. The van der Waals surface area contributed by atoms with Crippen molar-refractivity contribution >= 4 is 22.8 Å². The zero-order valence-electron chi connectivity index (χ0n) is 14.6. The van der Waals surface area contributed by atoms with E-state index in [9.17, 15) is 9.18 Å². The molecule has 1 N–H and O–H groups in total. The maximum absolute atomic E-state index is 14.1. The number of hydrogen-bond acceptors (Lipinski definition) is 6. The van der Waals surface area contributed by atoms with Gasteiger partial charge in [0.2, 0.25) is 5.71 Å². The zero-order chi connectivity index (χ0) is 17.8. The summed E-state index contributed by atoms with van der Waals surface area (Å²) in [5.41, 5.74) is -0.719. The van der Waals surface area contributed by atoms with Gasteiger partial charge in [-0.3, -0.25) is 4.79 Å². The van der Waals surface area contributed by atoms with E-state index in [0.717, 1.165) is 12.8 Å². The van der Waals surface area contributed by atoms with E-state index in [4.69, 9.17) is 9.15 Å². The molecule has 0 aromatic carbocycles. The molecule has 1 aliphatic carbocycles. The lowest BCUT2D eigenvalue weighted by molar-refractivity contribution is -0.126. The molecule has 4 rings (SSSR count). The average Bonchev–Trinajstić information content (AvgIpc) is 3.21. The predicted octanol–water partition coefficient (Wildman–Crippen LogP) is 1.99. The van der Waals surface area contributed by atoms with Gasteiger partial charge in [0, 0.05) is 12.6 Å². The molecular formula is C17H21FN4O3. The summed E-state index contributed by atoms with van der Waals surface area (Å²) >= 11 is 0. The maximum Gasteiger partial charge on any atom is 0.255 e. The lowest BCUT2D eigenvalue weighted by atomic mass is 10.0. The number of alkyl halides is 1. The highest BCUT2D eigenvalue weighted by atomic mass is 19.1. The number of carbonyl (C=O) groups excluding carboxylic acids is 1. The average molecular weight is 348 g/mol. The highest BCUT2D eigenvalue weighted by Gasteiger charge is 2.43. The van der Waals surface area contributed by atoms with Crippen LogP contribution in [0.2, 0.25) is 0 Å². The molecule has 2 fully saturated rings. The molecule has 0 atom stereocenters. The van der Waals surface area contributed by atoms with Crippen LogP contribution in [0.15, 0.2) is 10.7 Å². The smallest absolute Gasteiger partial charge is 0.255 e. The van der Waals surface area contributed by atoms with E-state index in [-0.39, 0.29) is 31.2 Å². The molecular weight excluding hydrogens is 327 g/mol. The van der Waals surface area contributed by atoms with Crippen molar-refractivity contribution in [1.82, 2.24) is 15.3 Å². The topological polar surface area (TPSA) is 80.5 Å². The first-order valence-corrected chi connectivity index (χ1v) is 8.36. The van der Waals surface area contributed by atoms with Crippen LogP contribution in [-0.2, 0) is 4.74 Å². The minimum atomic E-state index is -1.49. The van der Waals surface area contributed by atoms with Crippen molar-refractivity contribution in [2.45, 2.75) is 37.9 Å². The molecule has 25 heavy (non-hydrogen) atoms. The van der Waals surface area contributed by atoms with E-state index < -0.39 is 5.67 Å². The number of ether oxygens (including phenoxy) is 1. The Morgan fingerprint density at radius 3 is 2.72 bits per heavy atom. The minimum Gasteiger partial charge on any atom is -0.442 e. The van der Waals surface area contributed by atoms with Crippen molar-refractivity contribution in [2.24, 2.45) is 0 Å². The third kappa shape index (κ3) is 2.64. The molecule has 0 spiro atoms. The Morgan fingerprint density at radius 2 is 2.12 bits per heavy atom. The molecule has 0 unspecified atom stereocenters. The number of rotatable bonds is 5. The van der Waals surface area contributed by atoms with Crippen LogP contribution >= 0.6 is 0 Å². The number of furan rings is 1. The first-order valence-electron chi connectivity index (χ1n) is 8.36. The SMILES string of the molecule is Cc1oc2ncnc(N(C)C3(C)CC3)c2c1C(=O)NCC1(F)COC1. The molecule has 0 radical (unpaired) electrons. The number of aryl methyl sites for hydroxylation is 1. The Bertz CT molecular complexity index is 842. The van der Waals surface area contributed by atoms with Gasteiger partial charge < -0.3 is 19.4 Å². The molecule has 134 valence electrons. The highest BCUT2D eigenvalue weighted by molar-refractivity contribution is 6.10. The van der Waals surface area contributed by atoms with Crippen LogP contribution in [0.5, 0.6) is 0 Å².